The van der Waals surface area contributed by atoms with Gasteiger partial charge in [-0.1, -0.05) is 0 Å². The van der Waals surface area contributed by atoms with Crippen LogP contribution in [0.4, 0.5) is 5.69 Å². The van der Waals surface area contributed by atoms with E-state index in [-0.39, 0.29) is 6.04 Å². The van der Waals surface area contributed by atoms with Crippen LogP contribution in [-0.4, -0.2) is 32.4 Å². The Morgan fingerprint density at radius 1 is 1.16 bits per heavy atom. The van der Waals surface area contributed by atoms with Crippen LogP contribution < -0.4 is 5.32 Å². The number of hydrogen-bond donors (Lipinski definition) is 1. The monoisotopic (exact) mass is 280 g/mol. The number of nitrogens with one attached hydrogen (secondary N) is 1. The number of nitrogens with zero attached hydrogens (tertiary/aromatic N) is 1. The largest absolute Gasteiger partial charge is 0.388 e. The van der Waals surface area contributed by atoms with Gasteiger partial charge in [0.1, 0.15) is 0 Å². The third kappa shape index (κ3) is 2.77. The standard InChI is InChI=1S/C14H20N2O2S/c1-15-12-4-8-14(9-5-12)19(17,18)16(13-6-7-13)10-11-2-3-11/h4-5,8-9,11,13,15H,2-3,6-7,10H2,1H3. The molecule has 5 heteroatoms. The maximum Gasteiger partial charge on any atom is 0.243 e. The summed E-state index contributed by atoms with van der Waals surface area (Å²) in [7, 11) is -1.49. The molecule has 19 heavy (non-hydrogen) atoms. The van der Waals surface area contributed by atoms with Crippen molar-refractivity contribution in [2.45, 2.75) is 36.6 Å². The van der Waals surface area contributed by atoms with Crippen molar-refractivity contribution in [1.29, 1.82) is 0 Å². The highest BCUT2D eigenvalue weighted by Crippen LogP contribution is 2.38. The minimum Gasteiger partial charge on any atom is -0.388 e. The van der Waals surface area contributed by atoms with E-state index in [1.807, 2.05) is 19.2 Å². The van der Waals surface area contributed by atoms with E-state index in [2.05, 4.69) is 5.32 Å². The van der Waals surface area contributed by atoms with Gasteiger partial charge in [-0.15, -0.1) is 0 Å². The maximum absolute atomic E-state index is 12.7. The van der Waals surface area contributed by atoms with Gasteiger partial charge in [-0.05, 0) is 55.9 Å². The average Bonchev–Trinajstić information content (AvgIpc) is 3.28. The summed E-state index contributed by atoms with van der Waals surface area (Å²) in [6.07, 6.45) is 4.38. The summed E-state index contributed by atoms with van der Waals surface area (Å²) < 4.78 is 27.1. The molecular formula is C14H20N2O2S. The highest BCUT2D eigenvalue weighted by atomic mass is 32.2. The van der Waals surface area contributed by atoms with Crippen molar-refractivity contribution < 1.29 is 8.42 Å². The second-order valence-corrected chi connectivity index (χ2v) is 7.41. The van der Waals surface area contributed by atoms with E-state index in [1.54, 1.807) is 16.4 Å². The molecule has 0 radical (unpaired) electrons. The molecule has 0 bridgehead atoms. The van der Waals surface area contributed by atoms with Crippen molar-refractivity contribution in [3.63, 3.8) is 0 Å². The molecule has 1 N–H and O–H groups in total. The number of hydrogen-bond acceptors (Lipinski definition) is 3. The Morgan fingerprint density at radius 2 is 1.79 bits per heavy atom. The minimum absolute atomic E-state index is 0.245. The molecule has 104 valence electrons. The van der Waals surface area contributed by atoms with Crippen molar-refractivity contribution in [2.75, 3.05) is 18.9 Å². The molecule has 0 spiro atoms. The summed E-state index contributed by atoms with van der Waals surface area (Å²) in [5.74, 6) is 0.590. The van der Waals surface area contributed by atoms with Crippen molar-refractivity contribution in [2.24, 2.45) is 5.92 Å². The van der Waals surface area contributed by atoms with Crippen LogP contribution in [0, 0.1) is 5.92 Å². The topological polar surface area (TPSA) is 49.4 Å². The Labute approximate surface area is 114 Å². The lowest BCUT2D eigenvalue weighted by molar-refractivity contribution is 0.389. The molecule has 2 fully saturated rings. The highest BCUT2D eigenvalue weighted by Gasteiger charge is 2.40. The number of anilines is 1. The summed E-state index contributed by atoms with van der Waals surface area (Å²) in [6.45, 7) is 0.709. The molecule has 0 unspecified atom stereocenters. The number of benzene rings is 1. The van der Waals surface area contributed by atoms with Crippen LogP contribution in [0.15, 0.2) is 29.2 Å². The molecule has 1 aromatic carbocycles. The van der Waals surface area contributed by atoms with Crippen molar-refractivity contribution in [3.05, 3.63) is 24.3 Å². The Morgan fingerprint density at radius 3 is 2.26 bits per heavy atom. The summed E-state index contributed by atoms with van der Waals surface area (Å²) in [5.41, 5.74) is 0.930. The Balaban J connectivity index is 1.85. The average molecular weight is 280 g/mol. The third-order valence-electron chi connectivity index (χ3n) is 3.84. The SMILES string of the molecule is CNc1ccc(S(=O)(=O)N(CC2CC2)C2CC2)cc1. The summed E-state index contributed by atoms with van der Waals surface area (Å²) >= 11 is 0. The molecule has 0 atom stereocenters. The van der Waals surface area contributed by atoms with E-state index in [9.17, 15) is 8.42 Å². The second kappa shape index (κ2) is 4.80. The Kier molecular flexibility index (Phi) is 3.27. The zero-order valence-corrected chi connectivity index (χ0v) is 12.0. The fourth-order valence-corrected chi connectivity index (χ4v) is 4.05. The Hall–Kier alpha value is -1.07. The van der Waals surface area contributed by atoms with Gasteiger partial charge in [-0.3, -0.25) is 0 Å². The van der Waals surface area contributed by atoms with E-state index < -0.39 is 10.0 Å². The number of sulfonamides is 1. The van der Waals surface area contributed by atoms with Gasteiger partial charge in [0.25, 0.3) is 0 Å². The fourth-order valence-electron chi connectivity index (χ4n) is 2.29. The predicted octanol–water partition coefficient (Wildman–Crippen LogP) is 2.29. The van der Waals surface area contributed by atoms with Gasteiger partial charge in [-0.25, -0.2) is 8.42 Å². The van der Waals surface area contributed by atoms with E-state index >= 15 is 0 Å². The lowest BCUT2D eigenvalue weighted by atomic mass is 10.3. The molecule has 0 aliphatic heterocycles. The molecule has 0 aromatic heterocycles. The lowest BCUT2D eigenvalue weighted by Crippen LogP contribution is -2.34. The minimum atomic E-state index is -3.31. The molecule has 2 aliphatic rings. The van der Waals surface area contributed by atoms with Crippen LogP contribution in [-0.2, 0) is 10.0 Å². The van der Waals surface area contributed by atoms with Gasteiger partial charge >= 0.3 is 0 Å². The van der Waals surface area contributed by atoms with Gasteiger partial charge in [0.2, 0.25) is 10.0 Å². The quantitative estimate of drug-likeness (QED) is 0.870. The first-order valence-corrected chi connectivity index (χ1v) is 8.35. The maximum atomic E-state index is 12.7. The van der Waals surface area contributed by atoms with E-state index in [0.717, 1.165) is 18.5 Å². The first kappa shape index (κ1) is 12.9. The summed E-state index contributed by atoms with van der Waals surface area (Å²) in [6, 6.07) is 7.27. The lowest BCUT2D eigenvalue weighted by Gasteiger charge is -2.21. The zero-order chi connectivity index (χ0) is 13.5. The molecule has 1 aromatic rings. The normalized spacial score (nSPS) is 19.7. The molecule has 2 aliphatic carbocycles. The molecule has 0 saturated heterocycles. The zero-order valence-electron chi connectivity index (χ0n) is 11.2. The Bertz CT molecular complexity index is 545. The van der Waals surface area contributed by atoms with Crippen molar-refractivity contribution in [1.82, 2.24) is 4.31 Å². The molecular weight excluding hydrogens is 260 g/mol. The van der Waals surface area contributed by atoms with Gasteiger partial charge in [-0.2, -0.15) is 4.31 Å². The first-order valence-electron chi connectivity index (χ1n) is 6.91. The van der Waals surface area contributed by atoms with Crippen LogP contribution in [0.2, 0.25) is 0 Å². The van der Waals surface area contributed by atoms with Gasteiger partial charge in [0.05, 0.1) is 4.90 Å². The highest BCUT2D eigenvalue weighted by molar-refractivity contribution is 7.89. The van der Waals surface area contributed by atoms with Gasteiger partial charge in [0, 0.05) is 25.3 Å². The van der Waals surface area contributed by atoms with Crippen molar-refractivity contribution >= 4 is 15.7 Å². The van der Waals surface area contributed by atoms with Crippen molar-refractivity contribution in [3.8, 4) is 0 Å². The fraction of sp³-hybridized carbons (Fsp3) is 0.571. The van der Waals surface area contributed by atoms with Gasteiger partial charge < -0.3 is 5.32 Å². The molecule has 3 rings (SSSR count). The van der Waals surface area contributed by atoms with Crippen LogP contribution in [0.1, 0.15) is 25.7 Å². The van der Waals surface area contributed by atoms with Crippen LogP contribution in [0.25, 0.3) is 0 Å². The number of rotatable bonds is 6. The van der Waals surface area contributed by atoms with Gasteiger partial charge in [0.15, 0.2) is 0 Å². The predicted molar refractivity (Wildman–Crippen MR) is 75.6 cm³/mol. The first-order chi connectivity index (χ1) is 9.11. The van der Waals surface area contributed by atoms with Crippen LogP contribution in [0.3, 0.4) is 0 Å². The molecule has 0 amide bonds. The van der Waals surface area contributed by atoms with Crippen LogP contribution >= 0.6 is 0 Å². The molecule has 0 heterocycles. The third-order valence-corrected chi connectivity index (χ3v) is 5.77. The van der Waals surface area contributed by atoms with E-state index in [1.165, 1.54) is 12.8 Å². The smallest absolute Gasteiger partial charge is 0.243 e. The van der Waals surface area contributed by atoms with E-state index in [4.69, 9.17) is 0 Å². The van der Waals surface area contributed by atoms with Crippen LogP contribution in [0.5, 0.6) is 0 Å². The molecule has 2 saturated carbocycles. The molecule has 4 nitrogen and oxygen atoms in total. The summed E-state index contributed by atoms with van der Waals surface area (Å²) in [5, 5.41) is 3.00. The second-order valence-electron chi connectivity index (χ2n) is 5.52. The van der Waals surface area contributed by atoms with E-state index in [0.29, 0.717) is 17.4 Å². The summed E-state index contributed by atoms with van der Waals surface area (Å²) in [4.78, 5) is 0.416.